The van der Waals surface area contributed by atoms with Gasteiger partial charge in [-0.25, -0.2) is 4.98 Å². The normalized spacial score (nSPS) is 10.1. The zero-order chi connectivity index (χ0) is 13.1. The molecule has 92 valence electrons. The van der Waals surface area contributed by atoms with Gasteiger partial charge in [0.1, 0.15) is 10.8 Å². The van der Waals surface area contributed by atoms with Gasteiger partial charge in [-0.05, 0) is 37.1 Å². The Balaban J connectivity index is 2.44. The molecule has 0 spiro atoms. The highest BCUT2D eigenvalue weighted by Gasteiger charge is 2.10. The molecular formula is C14H14N2OS. The second-order valence-electron chi connectivity index (χ2n) is 4.10. The van der Waals surface area contributed by atoms with Crippen molar-refractivity contribution in [1.82, 2.24) is 4.98 Å². The molecule has 2 rings (SSSR count). The summed E-state index contributed by atoms with van der Waals surface area (Å²) in [7, 11) is 1.68. The minimum Gasteiger partial charge on any atom is -0.496 e. The molecule has 1 aromatic carbocycles. The Labute approximate surface area is 111 Å². The number of hydrogen-bond donors (Lipinski definition) is 0. The van der Waals surface area contributed by atoms with Crippen LogP contribution < -0.4 is 4.74 Å². The number of rotatable bonds is 3. The van der Waals surface area contributed by atoms with Crippen LogP contribution in [0.1, 0.15) is 16.1 Å². The fraction of sp³-hybridized carbons (Fsp3) is 0.286. The van der Waals surface area contributed by atoms with E-state index in [1.807, 2.05) is 25.3 Å². The van der Waals surface area contributed by atoms with Gasteiger partial charge in [0.15, 0.2) is 0 Å². The van der Waals surface area contributed by atoms with Crippen LogP contribution in [0.4, 0.5) is 0 Å². The number of aromatic nitrogens is 1. The second-order valence-corrected chi connectivity index (χ2v) is 5.04. The zero-order valence-electron chi connectivity index (χ0n) is 10.7. The van der Waals surface area contributed by atoms with Gasteiger partial charge in [0.2, 0.25) is 0 Å². The molecule has 18 heavy (non-hydrogen) atoms. The first-order valence-electron chi connectivity index (χ1n) is 5.62. The molecule has 0 fully saturated rings. The summed E-state index contributed by atoms with van der Waals surface area (Å²) >= 11 is 1.53. The molecule has 4 heteroatoms. The van der Waals surface area contributed by atoms with Crippen LogP contribution in [0.3, 0.4) is 0 Å². The summed E-state index contributed by atoms with van der Waals surface area (Å²) in [5, 5.41) is 11.5. The van der Waals surface area contributed by atoms with E-state index in [9.17, 15) is 0 Å². The second kappa shape index (κ2) is 5.19. The van der Waals surface area contributed by atoms with Gasteiger partial charge >= 0.3 is 0 Å². The van der Waals surface area contributed by atoms with Gasteiger partial charge in [0, 0.05) is 10.9 Å². The van der Waals surface area contributed by atoms with Gasteiger partial charge in [-0.15, -0.1) is 11.3 Å². The van der Waals surface area contributed by atoms with Crippen LogP contribution in [0.5, 0.6) is 5.75 Å². The molecule has 0 N–H and O–H groups in total. The standard InChI is InChI=1S/C14H14N2OS/c1-9-7-13(17-3)10(2)6-11(9)12-8-18-14(16-12)4-5-15/h6-8H,4H2,1-3H3. The molecule has 0 atom stereocenters. The van der Waals surface area contributed by atoms with E-state index in [0.29, 0.717) is 6.42 Å². The lowest BCUT2D eigenvalue weighted by Crippen LogP contribution is -1.92. The van der Waals surface area contributed by atoms with E-state index in [0.717, 1.165) is 33.1 Å². The van der Waals surface area contributed by atoms with Gasteiger partial charge in [0.25, 0.3) is 0 Å². The lowest BCUT2D eigenvalue weighted by molar-refractivity contribution is 0.411. The van der Waals surface area contributed by atoms with Crippen molar-refractivity contribution in [1.29, 1.82) is 5.26 Å². The van der Waals surface area contributed by atoms with E-state index in [1.54, 1.807) is 7.11 Å². The largest absolute Gasteiger partial charge is 0.496 e. The molecule has 0 amide bonds. The van der Waals surface area contributed by atoms with E-state index in [1.165, 1.54) is 11.3 Å². The van der Waals surface area contributed by atoms with Crippen molar-refractivity contribution in [2.45, 2.75) is 20.3 Å². The maximum absolute atomic E-state index is 8.67. The quantitative estimate of drug-likeness (QED) is 0.846. The van der Waals surface area contributed by atoms with Crippen LogP contribution in [0, 0.1) is 25.2 Å². The number of nitriles is 1. The predicted octanol–water partition coefficient (Wildman–Crippen LogP) is 3.50. The molecule has 0 bridgehead atoms. The van der Waals surface area contributed by atoms with Crippen LogP contribution in [0.2, 0.25) is 0 Å². The highest BCUT2D eigenvalue weighted by atomic mass is 32.1. The molecule has 0 saturated heterocycles. The number of methoxy groups -OCH3 is 1. The summed E-state index contributed by atoms with van der Waals surface area (Å²) in [5.41, 5.74) is 4.27. The molecule has 0 unspecified atom stereocenters. The first-order valence-corrected chi connectivity index (χ1v) is 6.50. The number of thiazole rings is 1. The Morgan fingerprint density at radius 1 is 1.33 bits per heavy atom. The molecule has 0 saturated carbocycles. The van der Waals surface area contributed by atoms with Crippen LogP contribution in [-0.2, 0) is 6.42 Å². The van der Waals surface area contributed by atoms with Crippen molar-refractivity contribution < 1.29 is 4.74 Å². The third-order valence-corrected chi connectivity index (χ3v) is 3.65. The fourth-order valence-corrected chi connectivity index (χ4v) is 2.60. The monoisotopic (exact) mass is 258 g/mol. The molecule has 0 aliphatic carbocycles. The minimum atomic E-state index is 0.374. The van der Waals surface area contributed by atoms with Crippen molar-refractivity contribution in [2.24, 2.45) is 0 Å². The van der Waals surface area contributed by atoms with Gasteiger partial charge < -0.3 is 4.74 Å². The summed E-state index contributed by atoms with van der Waals surface area (Å²) < 4.78 is 5.30. The Kier molecular flexibility index (Phi) is 3.63. The summed E-state index contributed by atoms with van der Waals surface area (Å²) in [6.07, 6.45) is 0.374. The van der Waals surface area contributed by atoms with Crippen LogP contribution in [0.15, 0.2) is 17.5 Å². The van der Waals surface area contributed by atoms with Gasteiger partial charge in [-0.3, -0.25) is 0 Å². The van der Waals surface area contributed by atoms with Gasteiger partial charge in [-0.2, -0.15) is 5.26 Å². The number of nitrogens with zero attached hydrogens (tertiary/aromatic N) is 2. The molecule has 3 nitrogen and oxygen atoms in total. The maximum Gasteiger partial charge on any atom is 0.122 e. The van der Waals surface area contributed by atoms with Crippen molar-refractivity contribution in [3.8, 4) is 23.1 Å². The third-order valence-electron chi connectivity index (χ3n) is 2.80. The van der Waals surface area contributed by atoms with Crippen molar-refractivity contribution in [3.63, 3.8) is 0 Å². The lowest BCUT2D eigenvalue weighted by atomic mass is 10.0. The van der Waals surface area contributed by atoms with Crippen molar-refractivity contribution in [2.75, 3.05) is 7.11 Å². The average molecular weight is 258 g/mol. The van der Waals surface area contributed by atoms with Crippen molar-refractivity contribution in [3.05, 3.63) is 33.6 Å². The van der Waals surface area contributed by atoms with E-state index in [4.69, 9.17) is 10.00 Å². The smallest absolute Gasteiger partial charge is 0.122 e. The van der Waals surface area contributed by atoms with Crippen LogP contribution in [-0.4, -0.2) is 12.1 Å². The van der Waals surface area contributed by atoms with E-state index < -0.39 is 0 Å². The number of hydrogen-bond acceptors (Lipinski definition) is 4. The van der Waals surface area contributed by atoms with Crippen LogP contribution >= 0.6 is 11.3 Å². The third kappa shape index (κ3) is 2.36. The number of benzene rings is 1. The SMILES string of the molecule is COc1cc(C)c(-c2csc(CC#N)n2)cc1C. The highest BCUT2D eigenvalue weighted by Crippen LogP contribution is 2.30. The summed E-state index contributed by atoms with van der Waals surface area (Å²) in [6.45, 7) is 4.06. The Morgan fingerprint density at radius 3 is 2.78 bits per heavy atom. The summed E-state index contributed by atoms with van der Waals surface area (Å²) in [4.78, 5) is 4.48. The van der Waals surface area contributed by atoms with E-state index >= 15 is 0 Å². The molecule has 2 aromatic rings. The number of aryl methyl sites for hydroxylation is 2. The topological polar surface area (TPSA) is 45.9 Å². The van der Waals surface area contributed by atoms with Crippen LogP contribution in [0.25, 0.3) is 11.3 Å². The lowest BCUT2D eigenvalue weighted by Gasteiger charge is -2.09. The average Bonchev–Trinajstić information content (AvgIpc) is 2.80. The Bertz CT molecular complexity index is 611. The maximum atomic E-state index is 8.67. The zero-order valence-corrected chi connectivity index (χ0v) is 11.5. The molecule has 0 radical (unpaired) electrons. The first-order chi connectivity index (χ1) is 8.65. The fourth-order valence-electron chi connectivity index (χ4n) is 1.87. The molecule has 0 aliphatic heterocycles. The van der Waals surface area contributed by atoms with Crippen molar-refractivity contribution >= 4 is 11.3 Å². The highest BCUT2D eigenvalue weighted by molar-refractivity contribution is 7.10. The molecule has 0 aliphatic rings. The minimum absolute atomic E-state index is 0.374. The molecular weight excluding hydrogens is 244 g/mol. The predicted molar refractivity (Wildman–Crippen MR) is 72.9 cm³/mol. The summed E-state index contributed by atoms with van der Waals surface area (Å²) in [6, 6.07) is 6.23. The Morgan fingerprint density at radius 2 is 2.11 bits per heavy atom. The number of ether oxygens (including phenoxy) is 1. The van der Waals surface area contributed by atoms with Gasteiger partial charge in [-0.1, -0.05) is 0 Å². The van der Waals surface area contributed by atoms with E-state index in [-0.39, 0.29) is 0 Å². The molecule has 1 heterocycles. The summed E-state index contributed by atoms with van der Waals surface area (Å²) in [5.74, 6) is 0.892. The Hall–Kier alpha value is -1.86. The van der Waals surface area contributed by atoms with E-state index in [2.05, 4.69) is 17.1 Å². The first kappa shape index (κ1) is 12.6. The van der Waals surface area contributed by atoms with Gasteiger partial charge in [0.05, 0.1) is 25.3 Å². The molecule has 1 aromatic heterocycles.